The first-order valence-electron chi connectivity index (χ1n) is 16.3. The second-order valence-electron chi connectivity index (χ2n) is 12.5. The van der Waals surface area contributed by atoms with Crippen LogP contribution in [0.25, 0.3) is 0 Å². The number of allylic oxidation sites excluding steroid dienone is 5. The molecule has 2 aliphatic rings. The third kappa shape index (κ3) is 11.7. The highest BCUT2D eigenvalue weighted by Crippen LogP contribution is 2.34. The number of phenolic OH excluding ortho intramolecular Hbond substituents is 2. The smallest absolute Gasteiger partial charge is 0.328 e. The Bertz CT molecular complexity index is 1350. The highest BCUT2D eigenvalue weighted by molar-refractivity contribution is 5.93. The second-order valence-corrected chi connectivity index (χ2v) is 12.5. The number of aryl methyl sites for hydroxylation is 1. The summed E-state index contributed by atoms with van der Waals surface area (Å²) in [7, 11) is 1.48. The van der Waals surface area contributed by atoms with Gasteiger partial charge in [0.15, 0.2) is 0 Å². The first-order valence-corrected chi connectivity index (χ1v) is 16.3. The van der Waals surface area contributed by atoms with Crippen molar-refractivity contribution in [1.82, 2.24) is 5.32 Å². The largest absolute Gasteiger partial charge is 0.508 e. The Morgan fingerprint density at radius 1 is 1.09 bits per heavy atom. The number of anilines is 1. The van der Waals surface area contributed by atoms with Gasteiger partial charge in [0, 0.05) is 31.4 Å². The Kier molecular flexibility index (Phi) is 14.7. The predicted molar refractivity (Wildman–Crippen MR) is 179 cm³/mol. The molecule has 11 nitrogen and oxygen atoms in total. The summed E-state index contributed by atoms with van der Waals surface area (Å²) in [5.41, 5.74) is 1.14. The van der Waals surface area contributed by atoms with E-state index in [0.717, 1.165) is 6.42 Å². The van der Waals surface area contributed by atoms with E-state index in [1.807, 2.05) is 12.2 Å². The van der Waals surface area contributed by atoms with Crippen LogP contribution in [0.4, 0.5) is 5.69 Å². The standard InChI is InChI=1S/C36H50N2O9/c1-22-12-10-13-25-18-28(40)20-30(34(25)43)38-32(41)21-29(46-4)16-8-6-5-7-9-17-31(23(2)33(22)42)47-36(45)24(3)37-35(44)26-14-11-15-27(39)19-26/h5-9,12,16,18,20,23-24,26-27,29,31,33,39-40,42-43H,10-11,13-15,17,19,21H2,1-4H3,(H,37,44)(H,38,41)/b6-5+,9-7+,16-8+,22-12-/t23-,24+,26?,27?,29-,31-,33-/m0/s1. The number of hydrogen-bond donors (Lipinski definition) is 6. The number of rotatable bonds is 5. The number of esters is 1. The van der Waals surface area contributed by atoms with E-state index >= 15 is 0 Å². The van der Waals surface area contributed by atoms with E-state index in [-0.39, 0.29) is 35.4 Å². The van der Waals surface area contributed by atoms with Crippen LogP contribution in [0.5, 0.6) is 11.5 Å². The molecule has 1 saturated carbocycles. The van der Waals surface area contributed by atoms with Crippen molar-refractivity contribution in [1.29, 1.82) is 0 Å². The minimum Gasteiger partial charge on any atom is -0.508 e. The molecule has 6 N–H and O–H groups in total. The number of benzene rings is 1. The zero-order valence-electron chi connectivity index (χ0n) is 27.7. The molecular formula is C36H50N2O9. The number of carbonyl (C=O) groups excluding carboxylic acids is 3. The highest BCUT2D eigenvalue weighted by Gasteiger charge is 2.32. The zero-order chi connectivity index (χ0) is 34.5. The molecule has 2 unspecified atom stereocenters. The van der Waals surface area contributed by atoms with Crippen LogP contribution >= 0.6 is 0 Å². The van der Waals surface area contributed by atoms with Crippen molar-refractivity contribution in [2.45, 2.75) is 103 Å². The molecule has 7 atom stereocenters. The Morgan fingerprint density at radius 2 is 1.83 bits per heavy atom. The topological polar surface area (TPSA) is 175 Å². The van der Waals surface area contributed by atoms with E-state index in [9.17, 15) is 34.8 Å². The van der Waals surface area contributed by atoms with Crippen molar-refractivity contribution in [2.75, 3.05) is 12.4 Å². The SMILES string of the molecule is CO[C@H]1/C=C/C=C/C=C/C[C@H](OC(=O)[C@@H](C)NC(=O)C2CCCC(O)C2)[C@H](C)[C@@H](O)/C(C)=C\CCc2cc(O)cc(c2O)NC(=O)C1. The number of phenols is 2. The lowest BCUT2D eigenvalue weighted by Crippen LogP contribution is -2.46. The fraction of sp³-hybridized carbons (Fsp3) is 0.528. The molecule has 0 radical (unpaired) electrons. The van der Waals surface area contributed by atoms with Crippen molar-refractivity contribution in [3.8, 4) is 11.5 Å². The first-order chi connectivity index (χ1) is 22.4. The molecule has 1 heterocycles. The van der Waals surface area contributed by atoms with Crippen LogP contribution in [-0.2, 0) is 30.3 Å². The van der Waals surface area contributed by atoms with Gasteiger partial charge >= 0.3 is 5.97 Å². The van der Waals surface area contributed by atoms with Gasteiger partial charge in [0.1, 0.15) is 23.6 Å². The number of fused-ring (bicyclic) bond motifs is 2. The van der Waals surface area contributed by atoms with Crippen LogP contribution < -0.4 is 10.6 Å². The van der Waals surface area contributed by atoms with Gasteiger partial charge < -0.3 is 40.5 Å². The Hall–Kier alpha value is -3.93. The van der Waals surface area contributed by atoms with Gasteiger partial charge in [-0.1, -0.05) is 55.9 Å². The average Bonchev–Trinajstić information content (AvgIpc) is 3.03. The van der Waals surface area contributed by atoms with E-state index in [2.05, 4.69) is 10.6 Å². The van der Waals surface area contributed by atoms with Gasteiger partial charge in [-0.2, -0.15) is 0 Å². The fourth-order valence-electron chi connectivity index (χ4n) is 5.79. The molecular weight excluding hydrogens is 604 g/mol. The van der Waals surface area contributed by atoms with Crippen molar-refractivity contribution >= 4 is 23.5 Å². The molecule has 1 aliphatic carbocycles. The number of hydrogen-bond acceptors (Lipinski definition) is 9. The van der Waals surface area contributed by atoms with Crippen LogP contribution in [0.3, 0.4) is 0 Å². The molecule has 0 saturated heterocycles. The molecule has 1 aromatic carbocycles. The van der Waals surface area contributed by atoms with Crippen molar-refractivity contribution < 1.29 is 44.3 Å². The van der Waals surface area contributed by atoms with Crippen LogP contribution in [-0.4, -0.2) is 75.8 Å². The average molecular weight is 655 g/mol. The van der Waals surface area contributed by atoms with Crippen molar-refractivity contribution in [3.05, 3.63) is 65.8 Å². The molecule has 0 spiro atoms. The lowest BCUT2D eigenvalue weighted by atomic mass is 9.86. The van der Waals surface area contributed by atoms with E-state index in [0.29, 0.717) is 49.7 Å². The number of aliphatic hydroxyl groups is 2. The minimum atomic E-state index is -0.971. The number of aliphatic hydroxyl groups excluding tert-OH is 2. The maximum atomic E-state index is 13.2. The molecule has 2 bridgehead atoms. The molecule has 1 aromatic rings. The molecule has 1 fully saturated rings. The van der Waals surface area contributed by atoms with Crippen LogP contribution in [0, 0.1) is 11.8 Å². The summed E-state index contributed by atoms with van der Waals surface area (Å²) < 4.78 is 11.3. The summed E-state index contributed by atoms with van der Waals surface area (Å²) in [5, 5.41) is 47.7. The highest BCUT2D eigenvalue weighted by atomic mass is 16.5. The quantitative estimate of drug-likeness (QED) is 0.117. The van der Waals surface area contributed by atoms with Crippen molar-refractivity contribution in [2.24, 2.45) is 11.8 Å². The summed E-state index contributed by atoms with van der Waals surface area (Å²) in [6, 6.07) is 1.78. The Balaban J connectivity index is 1.81. The van der Waals surface area contributed by atoms with Gasteiger partial charge in [-0.3, -0.25) is 9.59 Å². The van der Waals surface area contributed by atoms with Gasteiger partial charge in [0.2, 0.25) is 11.8 Å². The Morgan fingerprint density at radius 3 is 2.55 bits per heavy atom. The monoisotopic (exact) mass is 654 g/mol. The number of amides is 2. The second kappa shape index (κ2) is 18.4. The third-order valence-corrected chi connectivity index (χ3v) is 8.73. The minimum absolute atomic E-state index is 0.0205. The normalized spacial score (nSPS) is 30.3. The van der Waals surface area contributed by atoms with Gasteiger partial charge in [-0.15, -0.1) is 0 Å². The maximum absolute atomic E-state index is 13.2. The molecule has 2 amide bonds. The molecule has 3 rings (SSSR count). The number of methoxy groups -OCH3 is 1. The lowest BCUT2D eigenvalue weighted by Gasteiger charge is -2.30. The number of ether oxygens (including phenoxy) is 2. The summed E-state index contributed by atoms with van der Waals surface area (Å²) in [6.45, 7) is 5.11. The van der Waals surface area contributed by atoms with Gasteiger partial charge in [-0.05, 0) is 63.2 Å². The summed E-state index contributed by atoms with van der Waals surface area (Å²) >= 11 is 0. The summed E-state index contributed by atoms with van der Waals surface area (Å²) in [4.78, 5) is 38.6. The number of carbonyl (C=O) groups is 3. The van der Waals surface area contributed by atoms with Crippen molar-refractivity contribution in [3.63, 3.8) is 0 Å². The zero-order valence-corrected chi connectivity index (χ0v) is 27.7. The van der Waals surface area contributed by atoms with E-state index in [4.69, 9.17) is 9.47 Å². The summed E-state index contributed by atoms with van der Waals surface area (Å²) in [5.74, 6) is -2.47. The van der Waals surface area contributed by atoms with Gasteiger partial charge in [0.25, 0.3) is 0 Å². The molecule has 258 valence electrons. The van der Waals surface area contributed by atoms with Crippen LogP contribution in [0.2, 0.25) is 0 Å². The molecule has 11 heteroatoms. The molecule has 47 heavy (non-hydrogen) atoms. The van der Waals surface area contributed by atoms with Crippen LogP contribution in [0.15, 0.2) is 60.2 Å². The Labute approximate surface area is 277 Å². The van der Waals surface area contributed by atoms with E-state index in [1.54, 1.807) is 51.2 Å². The predicted octanol–water partition coefficient (Wildman–Crippen LogP) is 4.36. The lowest BCUT2D eigenvalue weighted by molar-refractivity contribution is -0.156. The van der Waals surface area contributed by atoms with E-state index < -0.39 is 48.3 Å². The number of nitrogens with one attached hydrogen (secondary N) is 2. The van der Waals surface area contributed by atoms with Gasteiger partial charge in [-0.25, -0.2) is 4.79 Å². The number of aromatic hydroxyl groups is 2. The molecule has 0 aromatic heterocycles. The first kappa shape index (κ1) is 37.5. The fourth-order valence-corrected chi connectivity index (χ4v) is 5.79. The molecule has 1 aliphatic heterocycles. The summed E-state index contributed by atoms with van der Waals surface area (Å²) in [6.07, 6.45) is 13.1. The maximum Gasteiger partial charge on any atom is 0.328 e. The van der Waals surface area contributed by atoms with E-state index in [1.165, 1.54) is 19.2 Å². The van der Waals surface area contributed by atoms with Gasteiger partial charge in [0.05, 0.1) is 30.4 Å². The van der Waals surface area contributed by atoms with Crippen LogP contribution in [0.1, 0.15) is 71.3 Å². The third-order valence-electron chi connectivity index (χ3n) is 8.73.